The third-order valence-electron chi connectivity index (χ3n) is 6.92. The molecular formula is C29H24BrN5O3. The van der Waals surface area contributed by atoms with E-state index < -0.39 is 0 Å². The van der Waals surface area contributed by atoms with E-state index in [1.165, 1.54) is 0 Å². The molecule has 5 aromatic rings. The molecule has 0 unspecified atom stereocenters. The van der Waals surface area contributed by atoms with Crippen molar-refractivity contribution in [3.05, 3.63) is 111 Å². The number of rotatable bonds is 5. The van der Waals surface area contributed by atoms with E-state index in [2.05, 4.69) is 31.4 Å². The number of benzene rings is 2. The Morgan fingerprint density at radius 1 is 1.05 bits per heavy atom. The van der Waals surface area contributed by atoms with E-state index in [9.17, 15) is 14.7 Å². The summed E-state index contributed by atoms with van der Waals surface area (Å²) >= 11 is 3.30. The maximum absolute atomic E-state index is 13.7. The molecule has 4 heterocycles. The summed E-state index contributed by atoms with van der Waals surface area (Å²) in [6.07, 6.45) is 4.36. The fourth-order valence-corrected chi connectivity index (χ4v) is 5.34. The van der Waals surface area contributed by atoms with Crippen LogP contribution in [0.4, 0.5) is 0 Å². The monoisotopic (exact) mass is 569 g/mol. The number of nitrogens with one attached hydrogen (secondary N) is 2. The lowest BCUT2D eigenvalue weighted by Crippen LogP contribution is -2.36. The number of phenolic OH excluding ortho intramolecular Hbond substituents is 1. The SMILES string of the molecule is O=C(NCc1ccc(O)c(Br)c1)c1ccc2c(c1)CN(C(=O)c1cc(-c3ccn[nH]3)n3ccccc13)CC2. The van der Waals surface area contributed by atoms with E-state index in [0.717, 1.165) is 40.0 Å². The molecule has 1 aliphatic heterocycles. The highest BCUT2D eigenvalue weighted by Gasteiger charge is 2.26. The fraction of sp³-hybridized carbons (Fsp3) is 0.138. The number of fused-ring (bicyclic) bond motifs is 2. The van der Waals surface area contributed by atoms with Crippen LogP contribution in [0.2, 0.25) is 0 Å². The molecule has 0 aliphatic carbocycles. The minimum atomic E-state index is -0.192. The summed E-state index contributed by atoms with van der Waals surface area (Å²) in [6.45, 7) is 1.38. The Kier molecular flexibility index (Phi) is 6.21. The van der Waals surface area contributed by atoms with Gasteiger partial charge < -0.3 is 19.7 Å². The topological polar surface area (TPSA) is 103 Å². The number of pyridine rings is 1. The first-order valence-corrected chi connectivity index (χ1v) is 13.0. The molecule has 0 fully saturated rings. The fourth-order valence-electron chi connectivity index (χ4n) is 4.92. The van der Waals surface area contributed by atoms with Crippen LogP contribution in [-0.2, 0) is 19.5 Å². The number of aromatic hydroxyl groups is 1. The summed E-state index contributed by atoms with van der Waals surface area (Å²) in [4.78, 5) is 28.5. The van der Waals surface area contributed by atoms with Crippen molar-refractivity contribution in [2.45, 2.75) is 19.5 Å². The maximum atomic E-state index is 13.7. The van der Waals surface area contributed by atoms with E-state index >= 15 is 0 Å². The molecule has 0 radical (unpaired) electrons. The maximum Gasteiger partial charge on any atom is 0.256 e. The molecule has 0 saturated carbocycles. The van der Waals surface area contributed by atoms with Crippen LogP contribution in [0.25, 0.3) is 16.9 Å². The lowest BCUT2D eigenvalue weighted by Gasteiger charge is -2.29. The van der Waals surface area contributed by atoms with Crippen molar-refractivity contribution in [1.82, 2.24) is 24.8 Å². The highest BCUT2D eigenvalue weighted by atomic mass is 79.9. The van der Waals surface area contributed by atoms with Crippen LogP contribution >= 0.6 is 15.9 Å². The molecular weight excluding hydrogens is 546 g/mol. The van der Waals surface area contributed by atoms with Crippen LogP contribution in [-0.4, -0.2) is 43.0 Å². The van der Waals surface area contributed by atoms with Gasteiger partial charge >= 0.3 is 0 Å². The van der Waals surface area contributed by atoms with Crippen LogP contribution in [0, 0.1) is 0 Å². The highest BCUT2D eigenvalue weighted by Crippen LogP contribution is 2.28. The Labute approximate surface area is 227 Å². The molecule has 0 saturated heterocycles. The van der Waals surface area contributed by atoms with E-state index in [0.29, 0.717) is 35.2 Å². The number of nitrogens with zero attached hydrogens (tertiary/aromatic N) is 3. The Morgan fingerprint density at radius 3 is 2.76 bits per heavy atom. The number of aromatic nitrogens is 3. The molecule has 2 amide bonds. The summed E-state index contributed by atoms with van der Waals surface area (Å²) in [5.41, 5.74) is 6.71. The van der Waals surface area contributed by atoms with Crippen molar-refractivity contribution in [3.63, 3.8) is 0 Å². The largest absolute Gasteiger partial charge is 0.507 e. The second-order valence-corrected chi connectivity index (χ2v) is 10.2. The molecule has 6 rings (SSSR count). The van der Waals surface area contributed by atoms with Gasteiger partial charge in [0.2, 0.25) is 0 Å². The minimum absolute atomic E-state index is 0.0436. The molecule has 1 aliphatic rings. The van der Waals surface area contributed by atoms with Crippen LogP contribution in [0.5, 0.6) is 5.75 Å². The van der Waals surface area contributed by atoms with E-state index in [1.807, 2.05) is 64.0 Å². The van der Waals surface area contributed by atoms with Gasteiger partial charge in [0.15, 0.2) is 0 Å². The summed E-state index contributed by atoms with van der Waals surface area (Å²) in [7, 11) is 0. The molecule has 3 aromatic heterocycles. The standard InChI is InChI=1S/C29H24BrN5O3/c30-23-13-18(4-7-27(23)36)16-31-28(37)20-6-5-19-9-12-34(17-21(19)14-20)29(38)22-15-26(24-8-10-32-33-24)35-11-2-1-3-25(22)35/h1-8,10-11,13-15,36H,9,12,16-17H2,(H,31,37)(H,32,33). The number of phenols is 1. The number of halogens is 1. The third kappa shape index (κ3) is 4.45. The van der Waals surface area contributed by atoms with Gasteiger partial charge in [-0.1, -0.05) is 18.2 Å². The zero-order valence-corrected chi connectivity index (χ0v) is 21.9. The van der Waals surface area contributed by atoms with Crippen LogP contribution in [0.15, 0.2) is 83.6 Å². The van der Waals surface area contributed by atoms with Gasteiger partial charge in [-0.3, -0.25) is 14.7 Å². The van der Waals surface area contributed by atoms with E-state index in [-0.39, 0.29) is 17.6 Å². The van der Waals surface area contributed by atoms with Crippen LogP contribution in [0.1, 0.15) is 37.4 Å². The number of aromatic amines is 1. The normalized spacial score (nSPS) is 12.9. The molecule has 9 heteroatoms. The zero-order chi connectivity index (χ0) is 26.2. The van der Waals surface area contributed by atoms with Gasteiger partial charge in [-0.2, -0.15) is 5.10 Å². The molecule has 0 bridgehead atoms. The smallest absolute Gasteiger partial charge is 0.256 e. The van der Waals surface area contributed by atoms with E-state index in [4.69, 9.17) is 0 Å². The zero-order valence-electron chi connectivity index (χ0n) is 20.3. The van der Waals surface area contributed by atoms with Gasteiger partial charge in [0.05, 0.1) is 26.9 Å². The average molecular weight is 570 g/mol. The minimum Gasteiger partial charge on any atom is -0.507 e. The van der Waals surface area contributed by atoms with Crippen molar-refractivity contribution >= 4 is 33.3 Å². The molecule has 3 N–H and O–H groups in total. The second kappa shape index (κ2) is 9.83. The first kappa shape index (κ1) is 24.0. The second-order valence-electron chi connectivity index (χ2n) is 9.30. The third-order valence-corrected chi connectivity index (χ3v) is 7.55. The number of amides is 2. The molecule has 0 spiro atoms. The van der Waals surface area contributed by atoms with Crippen LogP contribution < -0.4 is 5.32 Å². The van der Waals surface area contributed by atoms with Gasteiger partial charge in [0.25, 0.3) is 11.8 Å². The van der Waals surface area contributed by atoms with Crippen molar-refractivity contribution in [3.8, 4) is 17.1 Å². The van der Waals surface area contributed by atoms with Gasteiger partial charge in [-0.05, 0) is 87.6 Å². The average Bonchev–Trinajstić information content (AvgIpc) is 3.61. The summed E-state index contributed by atoms with van der Waals surface area (Å²) < 4.78 is 2.57. The number of carbonyl (C=O) groups excluding carboxylic acids is 2. The number of carbonyl (C=O) groups is 2. The Bertz CT molecular complexity index is 1680. The van der Waals surface area contributed by atoms with Crippen molar-refractivity contribution in [2.75, 3.05) is 6.54 Å². The first-order chi connectivity index (χ1) is 18.5. The lowest BCUT2D eigenvalue weighted by molar-refractivity contribution is 0.0737. The Balaban J connectivity index is 1.21. The van der Waals surface area contributed by atoms with Gasteiger partial charge in [-0.15, -0.1) is 0 Å². The molecule has 38 heavy (non-hydrogen) atoms. The predicted molar refractivity (Wildman–Crippen MR) is 147 cm³/mol. The molecule has 0 atom stereocenters. The predicted octanol–water partition coefficient (Wildman–Crippen LogP) is 4.93. The van der Waals surface area contributed by atoms with Crippen molar-refractivity contribution < 1.29 is 14.7 Å². The van der Waals surface area contributed by atoms with Crippen LogP contribution in [0.3, 0.4) is 0 Å². The quantitative estimate of drug-likeness (QED) is 0.279. The van der Waals surface area contributed by atoms with Gasteiger partial charge in [0.1, 0.15) is 5.75 Å². The lowest BCUT2D eigenvalue weighted by atomic mass is 9.96. The van der Waals surface area contributed by atoms with Gasteiger partial charge in [-0.25, -0.2) is 0 Å². The molecule has 190 valence electrons. The number of hydrogen-bond acceptors (Lipinski definition) is 4. The number of H-pyrrole nitrogens is 1. The summed E-state index contributed by atoms with van der Waals surface area (Å²) in [6, 6.07) is 20.4. The number of hydrogen-bond donors (Lipinski definition) is 3. The summed E-state index contributed by atoms with van der Waals surface area (Å²) in [5, 5.41) is 19.6. The van der Waals surface area contributed by atoms with Crippen molar-refractivity contribution in [2.24, 2.45) is 0 Å². The van der Waals surface area contributed by atoms with E-state index in [1.54, 1.807) is 24.4 Å². The Morgan fingerprint density at radius 2 is 1.95 bits per heavy atom. The molecule has 2 aromatic carbocycles. The molecule has 8 nitrogen and oxygen atoms in total. The first-order valence-electron chi connectivity index (χ1n) is 12.2. The Hall–Kier alpha value is -4.37. The summed E-state index contributed by atoms with van der Waals surface area (Å²) in [5.74, 6) is -0.0827. The van der Waals surface area contributed by atoms with Crippen molar-refractivity contribution in [1.29, 1.82) is 0 Å². The highest BCUT2D eigenvalue weighted by molar-refractivity contribution is 9.10. The van der Waals surface area contributed by atoms with Gasteiger partial charge in [0, 0.05) is 37.6 Å².